The van der Waals surface area contributed by atoms with Gasteiger partial charge in [0.05, 0.1) is 11.3 Å². The molecule has 0 aliphatic rings. The normalized spacial score (nSPS) is 11.9. The number of aliphatic hydroxyl groups is 1. The second kappa shape index (κ2) is 8.12. The van der Waals surface area contributed by atoms with E-state index in [0.717, 1.165) is 36.0 Å². The number of anilines is 1. The summed E-state index contributed by atoms with van der Waals surface area (Å²) in [6.07, 6.45) is 3.00. The number of hydrogen-bond acceptors (Lipinski definition) is 3. The molecule has 0 heterocycles. The molecular formula is C14H19BrN2O. The van der Waals surface area contributed by atoms with Gasteiger partial charge < -0.3 is 10.4 Å². The third-order valence-corrected chi connectivity index (χ3v) is 3.60. The maximum absolute atomic E-state index is 9.11. The predicted octanol–water partition coefficient (Wildman–Crippen LogP) is 3.53. The van der Waals surface area contributed by atoms with E-state index in [4.69, 9.17) is 10.4 Å². The standard InChI is InChI=1S/C14H19BrN2O/c1-2-4-11(7-8-18)10-17-14-6-3-5-13(15)12(14)9-16/h3,5-6,11,17-18H,2,4,7-8,10H2,1H3. The molecule has 2 N–H and O–H groups in total. The minimum Gasteiger partial charge on any atom is -0.396 e. The first-order valence-corrected chi connectivity index (χ1v) is 7.05. The lowest BCUT2D eigenvalue weighted by atomic mass is 10.00. The van der Waals surface area contributed by atoms with E-state index in [1.54, 1.807) is 0 Å². The van der Waals surface area contributed by atoms with Crippen LogP contribution in [0.2, 0.25) is 0 Å². The van der Waals surface area contributed by atoms with Gasteiger partial charge in [0.15, 0.2) is 0 Å². The predicted molar refractivity (Wildman–Crippen MR) is 77.4 cm³/mol. The van der Waals surface area contributed by atoms with Gasteiger partial charge in [-0.3, -0.25) is 0 Å². The van der Waals surface area contributed by atoms with Crippen LogP contribution in [0.1, 0.15) is 31.7 Å². The molecule has 3 nitrogen and oxygen atoms in total. The van der Waals surface area contributed by atoms with Crippen molar-refractivity contribution in [2.75, 3.05) is 18.5 Å². The minimum absolute atomic E-state index is 0.218. The summed E-state index contributed by atoms with van der Waals surface area (Å²) >= 11 is 3.37. The third kappa shape index (κ3) is 4.32. The molecule has 0 saturated heterocycles. The summed E-state index contributed by atoms with van der Waals surface area (Å²) in [6.45, 7) is 3.15. The van der Waals surface area contributed by atoms with Crippen LogP contribution in [0.25, 0.3) is 0 Å². The number of aliphatic hydroxyl groups excluding tert-OH is 1. The van der Waals surface area contributed by atoms with Crippen molar-refractivity contribution in [2.45, 2.75) is 26.2 Å². The van der Waals surface area contributed by atoms with Crippen LogP contribution in [0, 0.1) is 17.2 Å². The molecule has 0 saturated carbocycles. The smallest absolute Gasteiger partial charge is 0.103 e. The first-order valence-electron chi connectivity index (χ1n) is 6.26. The molecule has 1 unspecified atom stereocenters. The number of hydrogen-bond donors (Lipinski definition) is 2. The Morgan fingerprint density at radius 3 is 2.83 bits per heavy atom. The van der Waals surface area contributed by atoms with Gasteiger partial charge in [0.2, 0.25) is 0 Å². The summed E-state index contributed by atoms with van der Waals surface area (Å²) in [5, 5.41) is 21.4. The van der Waals surface area contributed by atoms with E-state index >= 15 is 0 Å². The molecule has 0 radical (unpaired) electrons. The molecule has 0 bridgehead atoms. The Bertz CT molecular complexity index is 409. The molecule has 0 fully saturated rings. The fraction of sp³-hybridized carbons (Fsp3) is 0.500. The van der Waals surface area contributed by atoms with Gasteiger partial charge in [-0.1, -0.05) is 19.4 Å². The molecule has 4 heteroatoms. The topological polar surface area (TPSA) is 56.0 Å². The van der Waals surface area contributed by atoms with E-state index in [1.807, 2.05) is 18.2 Å². The fourth-order valence-electron chi connectivity index (χ4n) is 1.98. The van der Waals surface area contributed by atoms with Crippen LogP contribution >= 0.6 is 15.9 Å². The molecule has 1 aromatic carbocycles. The van der Waals surface area contributed by atoms with Crippen LogP contribution in [0.4, 0.5) is 5.69 Å². The van der Waals surface area contributed by atoms with Crippen LogP contribution in [0.5, 0.6) is 0 Å². The Hall–Kier alpha value is -1.05. The van der Waals surface area contributed by atoms with Gasteiger partial charge in [-0.2, -0.15) is 5.26 Å². The molecule has 0 aliphatic carbocycles. The number of nitriles is 1. The van der Waals surface area contributed by atoms with Gasteiger partial charge in [-0.05, 0) is 46.8 Å². The summed E-state index contributed by atoms with van der Waals surface area (Å²) in [5.41, 5.74) is 1.49. The minimum atomic E-state index is 0.218. The monoisotopic (exact) mass is 310 g/mol. The zero-order valence-corrected chi connectivity index (χ0v) is 12.2. The van der Waals surface area contributed by atoms with Crippen molar-refractivity contribution in [3.63, 3.8) is 0 Å². The van der Waals surface area contributed by atoms with Crippen LogP contribution < -0.4 is 5.32 Å². The SMILES string of the molecule is CCCC(CCO)CNc1cccc(Br)c1C#N. The number of nitrogens with zero attached hydrogens (tertiary/aromatic N) is 1. The van der Waals surface area contributed by atoms with Crippen molar-refractivity contribution in [1.29, 1.82) is 5.26 Å². The maximum Gasteiger partial charge on any atom is 0.103 e. The van der Waals surface area contributed by atoms with E-state index in [2.05, 4.69) is 34.2 Å². The van der Waals surface area contributed by atoms with E-state index < -0.39 is 0 Å². The van der Waals surface area contributed by atoms with Crippen molar-refractivity contribution in [2.24, 2.45) is 5.92 Å². The molecule has 0 aliphatic heterocycles. The summed E-state index contributed by atoms with van der Waals surface area (Å²) in [7, 11) is 0. The summed E-state index contributed by atoms with van der Waals surface area (Å²) in [4.78, 5) is 0. The van der Waals surface area contributed by atoms with Crippen LogP contribution in [-0.4, -0.2) is 18.3 Å². The highest BCUT2D eigenvalue weighted by Gasteiger charge is 2.10. The second-order valence-electron chi connectivity index (χ2n) is 4.32. The van der Waals surface area contributed by atoms with Crippen LogP contribution in [-0.2, 0) is 0 Å². The number of halogens is 1. The van der Waals surface area contributed by atoms with Crippen molar-refractivity contribution >= 4 is 21.6 Å². The largest absolute Gasteiger partial charge is 0.396 e. The molecule has 1 rings (SSSR count). The second-order valence-corrected chi connectivity index (χ2v) is 5.18. The highest BCUT2D eigenvalue weighted by Crippen LogP contribution is 2.24. The van der Waals surface area contributed by atoms with E-state index in [1.165, 1.54) is 0 Å². The molecule has 1 aromatic rings. The first-order chi connectivity index (χ1) is 8.72. The summed E-state index contributed by atoms with van der Waals surface area (Å²) in [6, 6.07) is 7.87. The lowest BCUT2D eigenvalue weighted by Crippen LogP contribution is -2.16. The van der Waals surface area contributed by atoms with Crippen molar-refractivity contribution in [3.8, 4) is 6.07 Å². The Morgan fingerprint density at radius 1 is 1.44 bits per heavy atom. The highest BCUT2D eigenvalue weighted by atomic mass is 79.9. The van der Waals surface area contributed by atoms with Gasteiger partial charge >= 0.3 is 0 Å². The quantitative estimate of drug-likeness (QED) is 0.810. The zero-order chi connectivity index (χ0) is 13.4. The third-order valence-electron chi connectivity index (χ3n) is 2.94. The number of rotatable bonds is 7. The molecule has 1 atom stereocenters. The van der Waals surface area contributed by atoms with Crippen molar-refractivity contribution in [1.82, 2.24) is 0 Å². The maximum atomic E-state index is 9.11. The lowest BCUT2D eigenvalue weighted by molar-refractivity contribution is 0.255. The van der Waals surface area contributed by atoms with E-state index in [-0.39, 0.29) is 6.61 Å². The zero-order valence-electron chi connectivity index (χ0n) is 10.6. The Labute approximate surface area is 117 Å². The van der Waals surface area contributed by atoms with Gasteiger partial charge in [-0.15, -0.1) is 0 Å². The van der Waals surface area contributed by atoms with Gasteiger partial charge in [-0.25, -0.2) is 0 Å². The summed E-state index contributed by atoms with van der Waals surface area (Å²) in [5.74, 6) is 0.450. The van der Waals surface area contributed by atoms with Crippen LogP contribution in [0.15, 0.2) is 22.7 Å². The Morgan fingerprint density at radius 2 is 2.22 bits per heavy atom. The van der Waals surface area contributed by atoms with Crippen LogP contribution in [0.3, 0.4) is 0 Å². The molecule has 98 valence electrons. The highest BCUT2D eigenvalue weighted by molar-refractivity contribution is 9.10. The molecule has 0 amide bonds. The van der Waals surface area contributed by atoms with E-state index in [0.29, 0.717) is 11.5 Å². The fourth-order valence-corrected chi connectivity index (χ4v) is 2.43. The van der Waals surface area contributed by atoms with Crippen molar-refractivity contribution in [3.05, 3.63) is 28.2 Å². The average molecular weight is 311 g/mol. The first kappa shape index (κ1) is 15.0. The van der Waals surface area contributed by atoms with Gasteiger partial charge in [0.25, 0.3) is 0 Å². The van der Waals surface area contributed by atoms with Gasteiger partial charge in [0.1, 0.15) is 6.07 Å². The molecule has 18 heavy (non-hydrogen) atoms. The Kier molecular flexibility index (Phi) is 6.77. The van der Waals surface area contributed by atoms with Gasteiger partial charge in [0, 0.05) is 17.6 Å². The average Bonchev–Trinajstić information content (AvgIpc) is 2.36. The number of benzene rings is 1. The Balaban J connectivity index is 2.67. The lowest BCUT2D eigenvalue weighted by Gasteiger charge is -2.17. The summed E-state index contributed by atoms with van der Waals surface area (Å²) < 4.78 is 0.809. The molecule has 0 spiro atoms. The number of nitrogens with one attached hydrogen (secondary N) is 1. The molecule has 0 aromatic heterocycles. The van der Waals surface area contributed by atoms with E-state index in [9.17, 15) is 0 Å². The van der Waals surface area contributed by atoms with Crippen molar-refractivity contribution < 1.29 is 5.11 Å². The molecular weight excluding hydrogens is 292 g/mol.